The van der Waals surface area contributed by atoms with Crippen molar-refractivity contribution >= 4 is 0 Å². The minimum Gasteiger partial charge on any atom is -0.326 e. The summed E-state index contributed by atoms with van der Waals surface area (Å²) in [6.45, 7) is 5.56. The molecule has 1 atom stereocenters. The Morgan fingerprint density at radius 2 is 2.29 bits per heavy atom. The molecule has 0 radical (unpaired) electrons. The normalized spacial score (nSPS) is 21.0. The van der Waals surface area contributed by atoms with Gasteiger partial charge in [-0.3, -0.25) is 4.90 Å². The molecule has 2 nitrogen and oxygen atoms in total. The molecule has 1 aliphatic rings. The van der Waals surface area contributed by atoms with Crippen LogP contribution < -0.4 is 5.73 Å². The standard InChI is InChI=1S/C14H21FN2/c1-2-11-5-6-17(9-11)10-13-4-3-12(8-16)7-14(13)15/h3-4,7,11H,2,5-6,8-10,16H2,1H3. The highest BCUT2D eigenvalue weighted by Gasteiger charge is 2.21. The molecule has 1 heterocycles. The van der Waals surface area contributed by atoms with E-state index in [1.54, 1.807) is 6.07 Å². The molecular weight excluding hydrogens is 215 g/mol. The Kier molecular flexibility index (Phi) is 4.13. The molecule has 0 saturated carbocycles. The van der Waals surface area contributed by atoms with Gasteiger partial charge in [0.1, 0.15) is 5.82 Å². The molecule has 1 aromatic carbocycles. The van der Waals surface area contributed by atoms with E-state index in [9.17, 15) is 4.39 Å². The minimum atomic E-state index is -0.118. The summed E-state index contributed by atoms with van der Waals surface area (Å²) in [6.07, 6.45) is 2.48. The molecule has 1 saturated heterocycles. The van der Waals surface area contributed by atoms with Gasteiger partial charge in [-0.25, -0.2) is 4.39 Å². The summed E-state index contributed by atoms with van der Waals surface area (Å²) in [6, 6.07) is 5.35. The molecule has 94 valence electrons. The van der Waals surface area contributed by atoms with Crippen LogP contribution in [-0.4, -0.2) is 18.0 Å². The largest absolute Gasteiger partial charge is 0.326 e. The first-order chi connectivity index (χ1) is 8.22. The third-order valence-electron chi connectivity index (χ3n) is 3.69. The Bertz CT molecular complexity index is 378. The SMILES string of the molecule is CCC1CCN(Cc2ccc(CN)cc2F)C1. The molecule has 0 aromatic heterocycles. The quantitative estimate of drug-likeness (QED) is 0.870. The van der Waals surface area contributed by atoms with Crippen LogP contribution in [0.25, 0.3) is 0 Å². The molecule has 1 aromatic rings. The number of hydrogen-bond acceptors (Lipinski definition) is 2. The maximum atomic E-state index is 13.8. The number of nitrogens with zero attached hydrogens (tertiary/aromatic N) is 1. The van der Waals surface area contributed by atoms with Crippen molar-refractivity contribution in [1.82, 2.24) is 4.90 Å². The van der Waals surface area contributed by atoms with Crippen molar-refractivity contribution in [3.05, 3.63) is 35.1 Å². The van der Waals surface area contributed by atoms with Gasteiger partial charge in [-0.15, -0.1) is 0 Å². The second-order valence-corrected chi connectivity index (χ2v) is 4.93. The molecule has 0 spiro atoms. The van der Waals surface area contributed by atoms with Crippen molar-refractivity contribution in [3.63, 3.8) is 0 Å². The molecule has 1 aliphatic heterocycles. The van der Waals surface area contributed by atoms with E-state index in [2.05, 4.69) is 11.8 Å². The highest BCUT2D eigenvalue weighted by molar-refractivity contribution is 5.24. The summed E-state index contributed by atoms with van der Waals surface area (Å²) >= 11 is 0. The Balaban J connectivity index is 1.99. The van der Waals surface area contributed by atoms with Crippen molar-refractivity contribution < 1.29 is 4.39 Å². The zero-order chi connectivity index (χ0) is 12.3. The van der Waals surface area contributed by atoms with Crippen molar-refractivity contribution in [2.24, 2.45) is 11.7 Å². The topological polar surface area (TPSA) is 29.3 Å². The molecule has 0 aliphatic carbocycles. The maximum absolute atomic E-state index is 13.8. The van der Waals surface area contributed by atoms with Gasteiger partial charge in [-0.05, 0) is 30.5 Å². The van der Waals surface area contributed by atoms with Gasteiger partial charge in [-0.2, -0.15) is 0 Å². The van der Waals surface area contributed by atoms with Crippen LogP contribution in [0.1, 0.15) is 30.9 Å². The van der Waals surface area contributed by atoms with E-state index in [1.165, 1.54) is 12.8 Å². The summed E-state index contributed by atoms with van der Waals surface area (Å²) < 4.78 is 13.8. The highest BCUT2D eigenvalue weighted by atomic mass is 19.1. The molecule has 3 heteroatoms. The zero-order valence-electron chi connectivity index (χ0n) is 10.5. The molecule has 0 bridgehead atoms. The lowest BCUT2D eigenvalue weighted by Gasteiger charge is -2.16. The van der Waals surface area contributed by atoms with E-state index in [-0.39, 0.29) is 5.82 Å². The molecule has 17 heavy (non-hydrogen) atoms. The average molecular weight is 236 g/mol. The van der Waals surface area contributed by atoms with E-state index in [1.807, 2.05) is 12.1 Å². The van der Waals surface area contributed by atoms with Crippen molar-refractivity contribution in [3.8, 4) is 0 Å². The highest BCUT2D eigenvalue weighted by Crippen LogP contribution is 2.22. The van der Waals surface area contributed by atoms with E-state index < -0.39 is 0 Å². The predicted octanol–water partition coefficient (Wildman–Crippen LogP) is 2.52. The van der Waals surface area contributed by atoms with Gasteiger partial charge in [0.05, 0.1) is 0 Å². The Morgan fingerprint density at radius 1 is 1.47 bits per heavy atom. The van der Waals surface area contributed by atoms with E-state index in [0.717, 1.165) is 36.7 Å². The third kappa shape index (κ3) is 3.05. The monoisotopic (exact) mass is 236 g/mol. The van der Waals surface area contributed by atoms with Gasteiger partial charge in [0.2, 0.25) is 0 Å². The Labute approximate surface area is 103 Å². The average Bonchev–Trinajstić information content (AvgIpc) is 2.79. The molecule has 1 unspecified atom stereocenters. The molecule has 0 amide bonds. The Hall–Kier alpha value is -0.930. The summed E-state index contributed by atoms with van der Waals surface area (Å²) in [5, 5.41) is 0. The van der Waals surface area contributed by atoms with Crippen LogP contribution in [0.5, 0.6) is 0 Å². The van der Waals surface area contributed by atoms with Crippen LogP contribution in [0.2, 0.25) is 0 Å². The number of likely N-dealkylation sites (tertiary alicyclic amines) is 1. The van der Waals surface area contributed by atoms with Gasteiger partial charge in [0, 0.05) is 25.2 Å². The lowest BCUT2D eigenvalue weighted by Crippen LogP contribution is -2.20. The van der Waals surface area contributed by atoms with Crippen molar-refractivity contribution in [2.45, 2.75) is 32.9 Å². The van der Waals surface area contributed by atoms with Gasteiger partial charge in [0.25, 0.3) is 0 Å². The number of hydrogen-bond donors (Lipinski definition) is 1. The number of halogens is 1. The third-order valence-corrected chi connectivity index (χ3v) is 3.69. The summed E-state index contributed by atoms with van der Waals surface area (Å²) in [5.74, 6) is 0.675. The summed E-state index contributed by atoms with van der Waals surface area (Å²) in [5.41, 5.74) is 7.14. The maximum Gasteiger partial charge on any atom is 0.128 e. The first-order valence-corrected chi connectivity index (χ1v) is 6.42. The summed E-state index contributed by atoms with van der Waals surface area (Å²) in [7, 11) is 0. The smallest absolute Gasteiger partial charge is 0.128 e. The first-order valence-electron chi connectivity index (χ1n) is 6.42. The van der Waals surface area contributed by atoms with E-state index in [0.29, 0.717) is 6.54 Å². The predicted molar refractivity (Wildman–Crippen MR) is 68.0 cm³/mol. The molecular formula is C14H21FN2. The number of rotatable bonds is 4. The zero-order valence-corrected chi connectivity index (χ0v) is 10.5. The van der Waals surface area contributed by atoms with Gasteiger partial charge in [0.15, 0.2) is 0 Å². The van der Waals surface area contributed by atoms with Gasteiger partial charge >= 0.3 is 0 Å². The van der Waals surface area contributed by atoms with Crippen LogP contribution in [0.4, 0.5) is 4.39 Å². The minimum absolute atomic E-state index is 0.118. The summed E-state index contributed by atoms with van der Waals surface area (Å²) in [4.78, 5) is 2.34. The number of nitrogens with two attached hydrogens (primary N) is 1. The number of benzene rings is 1. The lowest BCUT2D eigenvalue weighted by atomic mass is 10.1. The first kappa shape index (κ1) is 12.5. The van der Waals surface area contributed by atoms with Gasteiger partial charge < -0.3 is 5.73 Å². The molecule has 1 fully saturated rings. The fraction of sp³-hybridized carbons (Fsp3) is 0.571. The van der Waals surface area contributed by atoms with Crippen LogP contribution in [0.15, 0.2) is 18.2 Å². The fourth-order valence-corrected chi connectivity index (χ4v) is 2.48. The van der Waals surface area contributed by atoms with Gasteiger partial charge in [-0.1, -0.05) is 25.5 Å². The van der Waals surface area contributed by atoms with E-state index in [4.69, 9.17) is 5.73 Å². The van der Waals surface area contributed by atoms with Crippen molar-refractivity contribution in [2.75, 3.05) is 13.1 Å². The second-order valence-electron chi connectivity index (χ2n) is 4.93. The van der Waals surface area contributed by atoms with Crippen LogP contribution in [0.3, 0.4) is 0 Å². The van der Waals surface area contributed by atoms with Crippen molar-refractivity contribution in [1.29, 1.82) is 0 Å². The Morgan fingerprint density at radius 3 is 2.88 bits per heavy atom. The van der Waals surface area contributed by atoms with Crippen LogP contribution >= 0.6 is 0 Å². The molecule has 2 rings (SSSR count). The fourth-order valence-electron chi connectivity index (χ4n) is 2.48. The molecule has 2 N–H and O–H groups in total. The lowest BCUT2D eigenvalue weighted by molar-refractivity contribution is 0.310. The van der Waals surface area contributed by atoms with Crippen LogP contribution in [0, 0.1) is 11.7 Å². The van der Waals surface area contributed by atoms with Crippen LogP contribution in [-0.2, 0) is 13.1 Å². The van der Waals surface area contributed by atoms with E-state index >= 15 is 0 Å². The second kappa shape index (κ2) is 5.61.